The molecule has 4 heterocycles. The largest absolute Gasteiger partial charge is 0.733 e. The van der Waals surface area contributed by atoms with Crippen molar-refractivity contribution in [1.29, 1.82) is 0 Å². The predicted octanol–water partition coefficient (Wildman–Crippen LogP) is 2.68. The van der Waals surface area contributed by atoms with E-state index >= 15 is 0 Å². The molecule has 0 aliphatic carbocycles. The average molecular weight is 461 g/mol. The molecule has 2 N–H and O–H groups in total. The smallest absolute Gasteiger partial charge is 0.250 e. The molecule has 9 nitrogen and oxygen atoms in total. The van der Waals surface area contributed by atoms with Gasteiger partial charge in [0, 0.05) is 17.3 Å². The number of carbonyl (C=O) groups is 3. The molecule has 3 saturated heterocycles. The summed E-state index contributed by atoms with van der Waals surface area (Å²) < 4.78 is 0. The number of nitrogens with zero attached hydrogens (tertiary/aromatic N) is 3. The van der Waals surface area contributed by atoms with Gasteiger partial charge in [0.05, 0.1) is 23.2 Å². The third-order valence-corrected chi connectivity index (χ3v) is 8.12. The first-order valence-electron chi connectivity index (χ1n) is 11.7. The Morgan fingerprint density at radius 3 is 2.71 bits per heavy atom. The van der Waals surface area contributed by atoms with Gasteiger partial charge in [0.2, 0.25) is 17.7 Å². The van der Waals surface area contributed by atoms with Crippen LogP contribution in [0.1, 0.15) is 36.5 Å². The molecule has 3 amide bonds. The zero-order chi connectivity index (χ0) is 23.9. The van der Waals surface area contributed by atoms with Gasteiger partial charge in [-0.2, -0.15) is 0 Å². The maximum absolute atomic E-state index is 14.0. The van der Waals surface area contributed by atoms with E-state index < -0.39 is 23.3 Å². The van der Waals surface area contributed by atoms with Crippen LogP contribution in [0.4, 0.5) is 17.1 Å². The van der Waals surface area contributed by atoms with E-state index in [4.69, 9.17) is 0 Å². The van der Waals surface area contributed by atoms with Gasteiger partial charge in [-0.1, -0.05) is 25.1 Å². The Kier molecular flexibility index (Phi) is 4.45. The monoisotopic (exact) mass is 461 g/mol. The Bertz CT molecular complexity index is 1260. The maximum atomic E-state index is 14.0. The van der Waals surface area contributed by atoms with Crippen molar-refractivity contribution in [2.45, 2.75) is 44.7 Å². The molecule has 4 aliphatic heterocycles. The predicted molar refractivity (Wildman–Crippen MR) is 124 cm³/mol. The fourth-order valence-corrected chi connectivity index (χ4v) is 6.67. The molecule has 1 spiro atoms. The summed E-state index contributed by atoms with van der Waals surface area (Å²) in [7, 11) is 0. The minimum absolute atomic E-state index is 0.0380. The van der Waals surface area contributed by atoms with Crippen molar-refractivity contribution in [1.82, 2.24) is 4.90 Å². The van der Waals surface area contributed by atoms with Crippen LogP contribution in [-0.4, -0.2) is 40.4 Å². The van der Waals surface area contributed by atoms with Crippen LogP contribution in [0.25, 0.3) is 0 Å². The molecule has 4 atom stereocenters. The molecule has 0 radical (unpaired) electrons. The third kappa shape index (κ3) is 2.46. The Morgan fingerprint density at radius 1 is 1.18 bits per heavy atom. The van der Waals surface area contributed by atoms with Crippen LogP contribution in [0, 0.1) is 24.0 Å². The zero-order valence-corrected chi connectivity index (χ0v) is 18.9. The Morgan fingerprint density at radius 2 is 1.97 bits per heavy atom. The first kappa shape index (κ1) is 21.3. The van der Waals surface area contributed by atoms with Crippen LogP contribution >= 0.6 is 0 Å². The van der Waals surface area contributed by atoms with Crippen LogP contribution in [-0.2, 0) is 26.3 Å². The lowest BCUT2D eigenvalue weighted by Crippen LogP contribution is -2.54. The van der Waals surface area contributed by atoms with E-state index in [-0.39, 0.29) is 34.5 Å². The van der Waals surface area contributed by atoms with Crippen molar-refractivity contribution < 1.29 is 19.6 Å². The van der Waals surface area contributed by atoms with Crippen molar-refractivity contribution in [3.63, 3.8) is 0 Å². The number of benzene rings is 2. The van der Waals surface area contributed by atoms with Crippen LogP contribution in [0.2, 0.25) is 0 Å². The molecule has 34 heavy (non-hydrogen) atoms. The highest BCUT2D eigenvalue weighted by atomic mass is 16.8. The van der Waals surface area contributed by atoms with Gasteiger partial charge in [-0.05, 0) is 62.1 Å². The maximum Gasteiger partial charge on any atom is 0.250 e. The Labute approximate surface area is 196 Å². The number of hydrogen-bond donors (Lipinski definition) is 2. The third-order valence-electron chi connectivity index (χ3n) is 8.12. The van der Waals surface area contributed by atoms with E-state index in [1.165, 1.54) is 6.07 Å². The second-order valence-electron chi connectivity index (χ2n) is 9.62. The van der Waals surface area contributed by atoms with Gasteiger partial charge in [0.25, 0.3) is 0 Å². The topological polar surface area (TPSA) is 116 Å². The number of carbonyl (C=O) groups excluding carboxylic acids is 3. The molecule has 4 unspecified atom stereocenters. The van der Waals surface area contributed by atoms with Gasteiger partial charge in [0.1, 0.15) is 5.54 Å². The number of nitrogens with one attached hydrogen (secondary N) is 1. The lowest BCUT2D eigenvalue weighted by molar-refractivity contribution is -0.135. The van der Waals surface area contributed by atoms with E-state index in [0.717, 1.165) is 35.3 Å². The fourth-order valence-electron chi connectivity index (χ4n) is 6.67. The molecule has 0 saturated carbocycles. The van der Waals surface area contributed by atoms with Gasteiger partial charge >= 0.3 is 0 Å². The molecule has 9 heteroatoms. The van der Waals surface area contributed by atoms with Gasteiger partial charge in [-0.3, -0.25) is 24.5 Å². The lowest BCUT2D eigenvalue weighted by atomic mass is 9.75. The molecular formula is C25H25N4O5-. The number of anilines is 3. The normalized spacial score (nSPS) is 29.6. The number of amides is 3. The highest BCUT2D eigenvalue weighted by Crippen LogP contribution is 2.60. The molecule has 0 aromatic heterocycles. The van der Waals surface area contributed by atoms with Crippen molar-refractivity contribution in [2.24, 2.45) is 11.8 Å². The standard InChI is InChI=1S/C25H25N4O5/c1-3-14-7-9-17-16(11-14)25(24(32)26-17)21-20(18-5-4-10-27(18)25)22(30)28(23(21)31)15-8-6-13(2)19(12-15)29(33)34/h6-9,11-12,18,20-21,33H,3-5,10H2,1-2H3,(H,26,32)/q-1. The summed E-state index contributed by atoms with van der Waals surface area (Å²) in [4.78, 5) is 44.7. The Balaban J connectivity index is 1.53. The highest BCUT2D eigenvalue weighted by molar-refractivity contribution is 6.26. The summed E-state index contributed by atoms with van der Waals surface area (Å²) in [5.74, 6) is -2.58. The second kappa shape index (κ2) is 7.11. The van der Waals surface area contributed by atoms with E-state index in [2.05, 4.69) is 10.2 Å². The number of rotatable bonds is 3. The first-order valence-corrected chi connectivity index (χ1v) is 11.7. The minimum atomic E-state index is -1.23. The molecule has 176 valence electrons. The molecule has 3 fully saturated rings. The minimum Gasteiger partial charge on any atom is -0.733 e. The molecule has 2 aromatic carbocycles. The Hall–Kier alpha value is -3.27. The molecule has 4 aliphatic rings. The van der Waals surface area contributed by atoms with E-state index in [1.54, 1.807) is 19.1 Å². The summed E-state index contributed by atoms with van der Waals surface area (Å²) in [5, 5.41) is 23.8. The van der Waals surface area contributed by atoms with Gasteiger partial charge in [-0.25, -0.2) is 4.90 Å². The molecule has 2 aromatic rings. The molecule has 6 rings (SSSR count). The summed E-state index contributed by atoms with van der Waals surface area (Å²) in [5.41, 5.74) is 1.98. The van der Waals surface area contributed by atoms with Crippen molar-refractivity contribution in [3.8, 4) is 0 Å². The number of aryl methyl sites for hydroxylation is 2. The summed E-state index contributed by atoms with van der Waals surface area (Å²) in [6.45, 7) is 4.33. The average Bonchev–Trinajstić information content (AvgIpc) is 3.52. The highest BCUT2D eigenvalue weighted by Gasteiger charge is 2.74. The summed E-state index contributed by atoms with van der Waals surface area (Å²) in [6, 6.07) is 10.2. The first-order chi connectivity index (χ1) is 16.3. The van der Waals surface area contributed by atoms with Crippen LogP contribution in [0.15, 0.2) is 36.4 Å². The number of hydrogen-bond acceptors (Lipinski definition) is 7. The van der Waals surface area contributed by atoms with Crippen LogP contribution in [0.3, 0.4) is 0 Å². The number of fused-ring (bicyclic) bond motifs is 7. The van der Waals surface area contributed by atoms with Crippen LogP contribution < -0.4 is 15.4 Å². The SMILES string of the molecule is CCc1ccc2c(c1)C1(C(=O)N2)C2C(=O)N(c3ccc(C)c(N([O-])O)c3)C(=O)C2C2CCCN21. The fraction of sp³-hybridized carbons (Fsp3) is 0.400. The van der Waals surface area contributed by atoms with Crippen molar-refractivity contribution in [3.05, 3.63) is 58.3 Å². The zero-order valence-electron chi connectivity index (χ0n) is 18.9. The van der Waals surface area contributed by atoms with Gasteiger partial charge < -0.3 is 15.8 Å². The lowest BCUT2D eigenvalue weighted by Gasteiger charge is -2.37. The van der Waals surface area contributed by atoms with Crippen molar-refractivity contribution in [2.75, 3.05) is 22.0 Å². The van der Waals surface area contributed by atoms with Gasteiger partial charge in [-0.15, -0.1) is 0 Å². The number of imide groups is 1. The summed E-state index contributed by atoms with van der Waals surface area (Å²) >= 11 is 0. The molecule has 0 bridgehead atoms. The van der Waals surface area contributed by atoms with Gasteiger partial charge in [0.15, 0.2) is 0 Å². The van der Waals surface area contributed by atoms with E-state index in [9.17, 15) is 24.8 Å². The second-order valence-corrected chi connectivity index (χ2v) is 9.62. The van der Waals surface area contributed by atoms with E-state index in [1.807, 2.05) is 25.1 Å². The summed E-state index contributed by atoms with van der Waals surface area (Å²) in [6.07, 6.45) is 2.36. The van der Waals surface area contributed by atoms with Crippen molar-refractivity contribution >= 4 is 34.8 Å². The van der Waals surface area contributed by atoms with E-state index in [0.29, 0.717) is 17.8 Å². The quantitative estimate of drug-likeness (QED) is 0.533. The van der Waals surface area contributed by atoms with Crippen LogP contribution in [0.5, 0.6) is 0 Å². The molecular weight excluding hydrogens is 436 g/mol.